The summed E-state index contributed by atoms with van der Waals surface area (Å²) < 4.78 is 0. The van der Waals surface area contributed by atoms with Crippen molar-refractivity contribution in [3.63, 3.8) is 0 Å². The molecule has 1 aliphatic rings. The summed E-state index contributed by atoms with van der Waals surface area (Å²) in [5, 5.41) is 5.31. The Bertz CT molecular complexity index is 779. The molecule has 0 atom stereocenters. The zero-order chi connectivity index (χ0) is 19.2. The first kappa shape index (κ1) is 19.5. The van der Waals surface area contributed by atoms with Gasteiger partial charge in [-0.1, -0.05) is 38.3 Å². The number of anilines is 1. The monoisotopic (exact) mass is 385 g/mol. The quantitative estimate of drug-likeness (QED) is 0.800. The molecule has 1 saturated carbocycles. The third kappa shape index (κ3) is 5.16. The van der Waals surface area contributed by atoms with E-state index in [1.165, 1.54) is 23.3 Å². The van der Waals surface area contributed by atoms with Gasteiger partial charge in [0.25, 0.3) is 5.91 Å². The number of aromatic nitrogens is 1. The zero-order valence-corrected chi connectivity index (χ0v) is 16.8. The van der Waals surface area contributed by atoms with Crippen molar-refractivity contribution in [3.8, 4) is 0 Å². The largest absolute Gasteiger partial charge is 0.326 e. The van der Waals surface area contributed by atoms with E-state index in [9.17, 15) is 9.59 Å². The molecule has 6 heteroatoms. The summed E-state index contributed by atoms with van der Waals surface area (Å²) in [7, 11) is 0. The molecule has 1 N–H and O–H groups in total. The minimum Gasteiger partial charge on any atom is -0.326 e. The van der Waals surface area contributed by atoms with Gasteiger partial charge in [-0.2, -0.15) is 0 Å². The van der Waals surface area contributed by atoms with Crippen molar-refractivity contribution in [3.05, 3.63) is 46.5 Å². The van der Waals surface area contributed by atoms with Crippen LogP contribution in [0.15, 0.2) is 29.6 Å². The van der Waals surface area contributed by atoms with Crippen LogP contribution in [0.3, 0.4) is 0 Å². The fourth-order valence-electron chi connectivity index (χ4n) is 3.53. The smallest absolute Gasteiger partial charge is 0.254 e. The molecule has 0 aliphatic heterocycles. The number of carbonyl (C=O) groups is 2. The molecular weight excluding hydrogens is 358 g/mol. The summed E-state index contributed by atoms with van der Waals surface area (Å²) in [5.74, 6) is -0.247. The highest BCUT2D eigenvalue weighted by molar-refractivity contribution is 7.13. The number of thiazole rings is 1. The number of carbonyl (C=O) groups excluding carboxylic acids is 2. The lowest BCUT2D eigenvalue weighted by atomic mass is 9.93. The third-order valence-corrected chi connectivity index (χ3v) is 5.94. The Morgan fingerprint density at radius 3 is 2.48 bits per heavy atom. The Kier molecular flexibility index (Phi) is 6.61. The van der Waals surface area contributed by atoms with Crippen molar-refractivity contribution in [2.75, 3.05) is 11.9 Å². The van der Waals surface area contributed by atoms with Crippen molar-refractivity contribution >= 4 is 28.3 Å². The second kappa shape index (κ2) is 9.13. The molecule has 5 nitrogen and oxygen atoms in total. The minimum atomic E-state index is -0.187. The summed E-state index contributed by atoms with van der Waals surface area (Å²) >= 11 is 1.40. The highest BCUT2D eigenvalue weighted by Crippen LogP contribution is 2.24. The molecule has 1 aliphatic carbocycles. The van der Waals surface area contributed by atoms with E-state index < -0.39 is 0 Å². The maximum Gasteiger partial charge on any atom is 0.254 e. The van der Waals surface area contributed by atoms with Gasteiger partial charge in [0.05, 0.1) is 5.69 Å². The Morgan fingerprint density at radius 2 is 1.89 bits per heavy atom. The van der Waals surface area contributed by atoms with Crippen LogP contribution in [0.4, 0.5) is 5.13 Å². The molecule has 1 fully saturated rings. The van der Waals surface area contributed by atoms with Gasteiger partial charge in [-0.3, -0.25) is 9.59 Å². The average Bonchev–Trinajstić information content (AvgIpc) is 3.11. The van der Waals surface area contributed by atoms with Gasteiger partial charge in [0.1, 0.15) is 6.54 Å². The molecule has 0 spiro atoms. The van der Waals surface area contributed by atoms with Gasteiger partial charge in [-0.25, -0.2) is 4.98 Å². The second-order valence-electron chi connectivity index (χ2n) is 7.12. The molecule has 3 rings (SSSR count). The summed E-state index contributed by atoms with van der Waals surface area (Å²) in [6.45, 7) is 4.05. The summed E-state index contributed by atoms with van der Waals surface area (Å²) in [6.07, 6.45) is 6.28. The normalized spacial score (nSPS) is 14.7. The van der Waals surface area contributed by atoms with Crippen molar-refractivity contribution in [1.29, 1.82) is 0 Å². The van der Waals surface area contributed by atoms with E-state index in [1.54, 1.807) is 4.90 Å². The first-order valence-electron chi connectivity index (χ1n) is 9.68. The first-order chi connectivity index (χ1) is 13.1. The molecule has 0 bridgehead atoms. The average molecular weight is 386 g/mol. The minimum absolute atomic E-state index is 0.0602. The summed E-state index contributed by atoms with van der Waals surface area (Å²) in [4.78, 5) is 31.8. The number of nitrogens with one attached hydrogen (secondary N) is 1. The fraction of sp³-hybridized carbons (Fsp3) is 0.476. The van der Waals surface area contributed by atoms with Crippen LogP contribution in [-0.2, 0) is 11.2 Å². The third-order valence-electron chi connectivity index (χ3n) is 5.06. The Labute approximate surface area is 164 Å². The molecule has 0 radical (unpaired) electrons. The SMILES string of the molecule is CCc1ccc(C(=O)N(CC(=O)Nc2nc(C)cs2)C2CCCCC2)cc1. The molecule has 2 amide bonds. The van der Waals surface area contributed by atoms with Crippen LogP contribution in [0.5, 0.6) is 0 Å². The number of nitrogens with zero attached hydrogens (tertiary/aromatic N) is 2. The van der Waals surface area contributed by atoms with Gasteiger partial charge < -0.3 is 10.2 Å². The lowest BCUT2D eigenvalue weighted by Crippen LogP contribution is -2.45. The van der Waals surface area contributed by atoms with Gasteiger partial charge in [0.15, 0.2) is 5.13 Å². The maximum absolute atomic E-state index is 13.2. The van der Waals surface area contributed by atoms with Crippen LogP contribution in [0.2, 0.25) is 0 Å². The number of amides is 2. The standard InChI is InChI=1S/C21H27N3O2S/c1-3-16-9-11-17(12-10-16)20(26)24(18-7-5-4-6-8-18)13-19(25)23-21-22-15(2)14-27-21/h9-12,14,18H,3-8,13H2,1-2H3,(H,22,23,25). The van der Waals surface area contributed by atoms with Gasteiger partial charge in [-0.15, -0.1) is 11.3 Å². The van der Waals surface area contributed by atoms with E-state index in [4.69, 9.17) is 0 Å². The molecule has 27 heavy (non-hydrogen) atoms. The van der Waals surface area contributed by atoms with Crippen LogP contribution < -0.4 is 5.32 Å². The molecule has 0 unspecified atom stereocenters. The highest BCUT2D eigenvalue weighted by atomic mass is 32.1. The summed E-state index contributed by atoms with van der Waals surface area (Å²) in [5.41, 5.74) is 2.73. The van der Waals surface area contributed by atoms with E-state index in [1.807, 2.05) is 36.6 Å². The second-order valence-corrected chi connectivity index (χ2v) is 7.98. The van der Waals surface area contributed by atoms with E-state index in [0.717, 1.165) is 37.8 Å². The van der Waals surface area contributed by atoms with Crippen LogP contribution in [0.1, 0.15) is 60.6 Å². The van der Waals surface area contributed by atoms with Crippen LogP contribution in [0.25, 0.3) is 0 Å². The topological polar surface area (TPSA) is 62.3 Å². The Hall–Kier alpha value is -2.21. The van der Waals surface area contributed by atoms with Crippen LogP contribution in [0, 0.1) is 6.92 Å². The zero-order valence-electron chi connectivity index (χ0n) is 16.0. The molecule has 1 aromatic heterocycles. The van der Waals surface area contributed by atoms with E-state index in [0.29, 0.717) is 10.7 Å². The molecule has 1 heterocycles. The summed E-state index contributed by atoms with van der Waals surface area (Å²) in [6, 6.07) is 7.86. The maximum atomic E-state index is 13.2. The number of aryl methyl sites for hydroxylation is 2. The van der Waals surface area contributed by atoms with Crippen LogP contribution >= 0.6 is 11.3 Å². The van der Waals surface area contributed by atoms with Crippen molar-refractivity contribution in [2.45, 2.75) is 58.4 Å². The van der Waals surface area contributed by atoms with Gasteiger partial charge in [0.2, 0.25) is 5.91 Å². The number of rotatable bonds is 6. The van der Waals surface area contributed by atoms with Gasteiger partial charge in [0, 0.05) is 17.0 Å². The molecule has 144 valence electrons. The number of hydrogen-bond acceptors (Lipinski definition) is 4. The van der Waals surface area contributed by atoms with E-state index >= 15 is 0 Å². The van der Waals surface area contributed by atoms with E-state index in [-0.39, 0.29) is 24.4 Å². The van der Waals surface area contributed by atoms with Crippen molar-refractivity contribution in [2.24, 2.45) is 0 Å². The molecule has 1 aromatic carbocycles. The lowest BCUT2D eigenvalue weighted by molar-refractivity contribution is -0.117. The Balaban J connectivity index is 1.74. The lowest BCUT2D eigenvalue weighted by Gasteiger charge is -2.34. The van der Waals surface area contributed by atoms with E-state index in [2.05, 4.69) is 17.2 Å². The van der Waals surface area contributed by atoms with Gasteiger partial charge >= 0.3 is 0 Å². The first-order valence-corrected chi connectivity index (χ1v) is 10.6. The highest BCUT2D eigenvalue weighted by Gasteiger charge is 2.28. The fourth-order valence-corrected chi connectivity index (χ4v) is 4.24. The molecular formula is C21H27N3O2S. The number of benzene rings is 1. The van der Waals surface area contributed by atoms with Crippen molar-refractivity contribution in [1.82, 2.24) is 9.88 Å². The van der Waals surface area contributed by atoms with Crippen LogP contribution in [-0.4, -0.2) is 34.3 Å². The molecule has 0 saturated heterocycles. The number of hydrogen-bond donors (Lipinski definition) is 1. The van der Waals surface area contributed by atoms with Gasteiger partial charge in [-0.05, 0) is 43.9 Å². The predicted molar refractivity (Wildman–Crippen MR) is 109 cm³/mol. The Morgan fingerprint density at radius 1 is 1.19 bits per heavy atom. The van der Waals surface area contributed by atoms with Crippen molar-refractivity contribution < 1.29 is 9.59 Å². The predicted octanol–water partition coefficient (Wildman–Crippen LogP) is 4.43. The molecule has 2 aromatic rings.